The number of ether oxygens (including phenoxy) is 1. The van der Waals surface area contributed by atoms with Crippen molar-refractivity contribution in [3.63, 3.8) is 0 Å². The number of fused-ring (bicyclic) bond motifs is 1. The first kappa shape index (κ1) is 18.7. The molecule has 6 heteroatoms. The van der Waals surface area contributed by atoms with Gasteiger partial charge in [0.2, 0.25) is 0 Å². The van der Waals surface area contributed by atoms with Gasteiger partial charge in [-0.05, 0) is 55.4 Å². The number of benzene rings is 1. The van der Waals surface area contributed by atoms with Gasteiger partial charge in [0.15, 0.2) is 17.2 Å². The highest BCUT2D eigenvalue weighted by atomic mass is 16.5. The molecular weight excluding hydrogens is 340 g/mol. The Balaban J connectivity index is 1.94. The fraction of sp³-hybridized carbons (Fsp3) is 0.429. The molecule has 2 aromatic rings. The molecule has 0 amide bonds. The molecule has 1 unspecified atom stereocenters. The lowest BCUT2D eigenvalue weighted by Gasteiger charge is -2.23. The van der Waals surface area contributed by atoms with Gasteiger partial charge in [0, 0.05) is 18.0 Å². The van der Waals surface area contributed by atoms with Crippen LogP contribution < -0.4 is 4.74 Å². The van der Waals surface area contributed by atoms with Crippen LogP contribution in [0.25, 0.3) is 0 Å². The monoisotopic (exact) mass is 362 g/mol. The molecular formula is C21H22N4O2. The normalized spacial score (nSPS) is 13.9. The molecule has 0 radical (unpaired) electrons. The van der Waals surface area contributed by atoms with Crippen LogP contribution in [-0.4, -0.2) is 22.4 Å². The zero-order valence-corrected chi connectivity index (χ0v) is 15.7. The summed E-state index contributed by atoms with van der Waals surface area (Å²) in [6, 6.07) is 7.69. The van der Waals surface area contributed by atoms with Crippen LogP contribution in [0.4, 0.5) is 0 Å². The predicted octanol–water partition coefficient (Wildman–Crippen LogP) is 3.42. The summed E-state index contributed by atoms with van der Waals surface area (Å²) in [4.78, 5) is 17.3. The maximum atomic E-state index is 13.3. The van der Waals surface area contributed by atoms with Gasteiger partial charge in [0.1, 0.15) is 17.9 Å². The molecule has 27 heavy (non-hydrogen) atoms. The summed E-state index contributed by atoms with van der Waals surface area (Å²) in [6.07, 6.45) is 6.11. The lowest BCUT2D eigenvalue weighted by atomic mass is 9.83. The second kappa shape index (κ2) is 8.05. The first-order valence-electron chi connectivity index (χ1n) is 9.22. The van der Waals surface area contributed by atoms with Crippen molar-refractivity contribution in [1.82, 2.24) is 9.55 Å². The minimum absolute atomic E-state index is 0.0781. The first-order valence-corrected chi connectivity index (χ1v) is 9.22. The lowest BCUT2D eigenvalue weighted by molar-refractivity contribution is 0.0901. The van der Waals surface area contributed by atoms with Gasteiger partial charge >= 0.3 is 0 Å². The molecule has 0 N–H and O–H groups in total. The average Bonchev–Trinajstić information content (AvgIpc) is 3.12. The Kier molecular flexibility index (Phi) is 5.57. The average molecular weight is 362 g/mol. The number of hydrogen-bond donors (Lipinski definition) is 0. The number of hydrogen-bond acceptors (Lipinski definition) is 5. The van der Waals surface area contributed by atoms with E-state index in [-0.39, 0.29) is 23.1 Å². The number of nitriles is 2. The summed E-state index contributed by atoms with van der Waals surface area (Å²) in [5.74, 6) is 0.654. The van der Waals surface area contributed by atoms with Gasteiger partial charge in [-0.2, -0.15) is 10.5 Å². The molecule has 0 bridgehead atoms. The third-order valence-electron chi connectivity index (χ3n) is 5.31. The maximum Gasteiger partial charge on any atom is 0.176 e. The topological polar surface area (TPSA) is 91.7 Å². The van der Waals surface area contributed by atoms with Crippen LogP contribution in [0.1, 0.15) is 59.1 Å². The van der Waals surface area contributed by atoms with Crippen LogP contribution in [-0.2, 0) is 19.4 Å². The lowest BCUT2D eigenvalue weighted by Crippen LogP contribution is -2.23. The van der Waals surface area contributed by atoms with Gasteiger partial charge in [-0.3, -0.25) is 4.79 Å². The van der Waals surface area contributed by atoms with E-state index in [1.165, 1.54) is 6.33 Å². The Morgan fingerprint density at radius 2 is 2.00 bits per heavy atom. The summed E-state index contributed by atoms with van der Waals surface area (Å²) >= 11 is 0. The van der Waals surface area contributed by atoms with E-state index in [0.29, 0.717) is 13.0 Å². The van der Waals surface area contributed by atoms with Gasteiger partial charge in [-0.25, -0.2) is 4.98 Å². The number of ketones is 1. The van der Waals surface area contributed by atoms with E-state index in [0.717, 1.165) is 48.1 Å². The number of nitrogens with zero attached hydrogens (tertiary/aromatic N) is 4. The van der Waals surface area contributed by atoms with E-state index in [1.54, 1.807) is 11.7 Å². The molecule has 1 aliphatic rings. The highest BCUT2D eigenvalue weighted by Crippen LogP contribution is 2.33. The van der Waals surface area contributed by atoms with Crippen molar-refractivity contribution in [1.29, 1.82) is 10.5 Å². The molecule has 0 saturated carbocycles. The number of aromatic nitrogens is 2. The van der Waals surface area contributed by atoms with Crippen molar-refractivity contribution in [2.24, 2.45) is 5.92 Å². The second-order valence-corrected chi connectivity index (χ2v) is 6.77. The molecule has 1 heterocycles. The predicted molar refractivity (Wildman–Crippen MR) is 99.4 cm³/mol. The van der Waals surface area contributed by atoms with Gasteiger partial charge in [-0.15, -0.1) is 0 Å². The third kappa shape index (κ3) is 3.44. The summed E-state index contributed by atoms with van der Waals surface area (Å²) in [5, 5.41) is 18.4. The summed E-state index contributed by atoms with van der Waals surface area (Å²) in [5.41, 5.74) is 3.32. The van der Waals surface area contributed by atoms with E-state index in [9.17, 15) is 10.1 Å². The van der Waals surface area contributed by atoms with Crippen LogP contribution in [0, 0.1) is 28.6 Å². The Labute approximate surface area is 159 Å². The number of carbonyl (C=O) groups excluding carboxylic acids is 1. The summed E-state index contributed by atoms with van der Waals surface area (Å²) in [6.45, 7) is 2.31. The molecule has 1 atom stereocenters. The van der Waals surface area contributed by atoms with Crippen LogP contribution >= 0.6 is 0 Å². The van der Waals surface area contributed by atoms with Crippen molar-refractivity contribution in [2.45, 2.75) is 45.6 Å². The minimum atomic E-state index is -0.280. The van der Waals surface area contributed by atoms with Crippen molar-refractivity contribution in [3.05, 3.63) is 46.5 Å². The third-order valence-corrected chi connectivity index (χ3v) is 5.31. The van der Waals surface area contributed by atoms with E-state index >= 15 is 0 Å². The number of carbonyl (C=O) groups is 1. The molecule has 138 valence electrons. The number of imidazole rings is 1. The Hall–Kier alpha value is -3.12. The fourth-order valence-corrected chi connectivity index (χ4v) is 3.83. The minimum Gasteiger partial charge on any atom is -0.496 e. The van der Waals surface area contributed by atoms with Crippen molar-refractivity contribution in [2.75, 3.05) is 7.11 Å². The van der Waals surface area contributed by atoms with E-state index < -0.39 is 0 Å². The molecule has 1 aromatic heterocycles. The zero-order chi connectivity index (χ0) is 19.4. The van der Waals surface area contributed by atoms with Gasteiger partial charge in [-0.1, -0.05) is 6.92 Å². The van der Waals surface area contributed by atoms with E-state index in [1.807, 2.05) is 31.2 Å². The molecule has 0 saturated heterocycles. The molecule has 1 aliphatic carbocycles. The Morgan fingerprint density at radius 3 is 2.63 bits per heavy atom. The van der Waals surface area contributed by atoms with Crippen LogP contribution in [0.3, 0.4) is 0 Å². The van der Waals surface area contributed by atoms with Crippen molar-refractivity contribution < 1.29 is 9.53 Å². The van der Waals surface area contributed by atoms with Crippen LogP contribution in [0.5, 0.6) is 5.75 Å². The van der Waals surface area contributed by atoms with Crippen molar-refractivity contribution >= 4 is 5.78 Å². The number of Topliss-reactive ketones (excluding diaryl/α,β-unsaturated/α-hetero) is 1. The molecule has 3 rings (SSSR count). The fourth-order valence-electron chi connectivity index (χ4n) is 3.83. The second-order valence-electron chi connectivity index (χ2n) is 6.77. The SMILES string of the molecule is CCC(Cn1cnc(C#N)c1C#N)C(=O)c1ccc(OC)c2c1CCCC2. The Bertz CT molecular complexity index is 946. The zero-order valence-electron chi connectivity index (χ0n) is 15.7. The van der Waals surface area contributed by atoms with Gasteiger partial charge in [0.25, 0.3) is 0 Å². The summed E-state index contributed by atoms with van der Waals surface area (Å²) < 4.78 is 7.10. The van der Waals surface area contributed by atoms with Crippen molar-refractivity contribution in [3.8, 4) is 17.9 Å². The van der Waals surface area contributed by atoms with E-state index in [4.69, 9.17) is 10.00 Å². The van der Waals surface area contributed by atoms with E-state index in [2.05, 4.69) is 4.98 Å². The molecule has 6 nitrogen and oxygen atoms in total. The quantitative estimate of drug-likeness (QED) is 0.734. The molecule has 0 fully saturated rings. The highest BCUT2D eigenvalue weighted by molar-refractivity contribution is 5.99. The standard InChI is InChI=1S/C21H22N4O2/c1-3-14(12-25-13-24-18(10-22)19(25)11-23)21(26)17-8-9-20(27-2)16-7-5-4-6-15(16)17/h8-9,13-14H,3-7,12H2,1-2H3. The smallest absolute Gasteiger partial charge is 0.176 e. The maximum absolute atomic E-state index is 13.3. The van der Waals surface area contributed by atoms with Crippen LogP contribution in [0.15, 0.2) is 18.5 Å². The Morgan fingerprint density at radius 1 is 1.26 bits per heavy atom. The van der Waals surface area contributed by atoms with Gasteiger partial charge < -0.3 is 9.30 Å². The number of methoxy groups -OCH3 is 1. The summed E-state index contributed by atoms with van der Waals surface area (Å²) in [7, 11) is 1.66. The first-order chi connectivity index (χ1) is 13.1. The largest absolute Gasteiger partial charge is 0.496 e. The van der Waals surface area contributed by atoms with Crippen LogP contribution in [0.2, 0.25) is 0 Å². The van der Waals surface area contributed by atoms with Gasteiger partial charge in [0.05, 0.1) is 13.4 Å². The molecule has 0 aliphatic heterocycles. The number of rotatable bonds is 6. The molecule has 1 aromatic carbocycles. The molecule has 0 spiro atoms. The highest BCUT2D eigenvalue weighted by Gasteiger charge is 2.26.